The minimum absolute atomic E-state index is 0.0373. The Morgan fingerprint density at radius 3 is 2.40 bits per heavy atom. The number of hydrogen-bond acceptors (Lipinski definition) is 4. The van der Waals surface area contributed by atoms with Crippen molar-refractivity contribution in [1.29, 1.82) is 0 Å². The average Bonchev–Trinajstić information content (AvgIpc) is 2.92. The first kappa shape index (κ1) is 17.1. The lowest BCUT2D eigenvalue weighted by Crippen LogP contribution is -2.09. The molecule has 0 amide bonds. The zero-order valence-corrected chi connectivity index (χ0v) is 13.7. The molecule has 1 heterocycles. The van der Waals surface area contributed by atoms with E-state index in [-0.39, 0.29) is 28.2 Å². The van der Waals surface area contributed by atoms with Crippen LogP contribution in [0.15, 0.2) is 36.4 Å². The van der Waals surface area contributed by atoms with Crippen molar-refractivity contribution in [3.63, 3.8) is 0 Å². The molecule has 3 rings (SSSR count). The third kappa shape index (κ3) is 3.69. The number of hydrogen-bond donors (Lipinski definition) is 3. The second-order valence-corrected chi connectivity index (χ2v) is 5.82. The van der Waals surface area contributed by atoms with Gasteiger partial charge in [-0.25, -0.2) is 5.10 Å². The molecule has 0 aliphatic carbocycles. The van der Waals surface area contributed by atoms with E-state index in [4.69, 9.17) is 17.3 Å². The number of aryl methyl sites for hydroxylation is 1. The molecule has 1 aromatic heterocycles. The highest BCUT2D eigenvalue weighted by Gasteiger charge is 2.35. The fourth-order valence-corrected chi connectivity index (χ4v) is 2.70. The third-order valence-electron chi connectivity index (χ3n) is 3.49. The van der Waals surface area contributed by atoms with Crippen LogP contribution >= 0.6 is 11.6 Å². The molecule has 3 aromatic rings. The summed E-state index contributed by atoms with van der Waals surface area (Å²) in [5.41, 5.74) is 5.90. The van der Waals surface area contributed by atoms with E-state index in [2.05, 4.69) is 20.5 Å². The number of anilines is 3. The Labute approximate surface area is 146 Å². The van der Waals surface area contributed by atoms with Crippen molar-refractivity contribution in [3.8, 4) is 11.1 Å². The van der Waals surface area contributed by atoms with Gasteiger partial charge in [0.2, 0.25) is 11.9 Å². The molecule has 0 fully saturated rings. The minimum atomic E-state index is -4.58. The van der Waals surface area contributed by atoms with E-state index in [9.17, 15) is 13.2 Å². The van der Waals surface area contributed by atoms with Gasteiger partial charge >= 0.3 is 6.18 Å². The van der Waals surface area contributed by atoms with Crippen molar-refractivity contribution in [3.05, 3.63) is 52.5 Å². The molecule has 2 aromatic carbocycles. The molecule has 0 spiro atoms. The number of nitrogens with one attached hydrogen (secondary N) is 2. The maximum Gasteiger partial charge on any atom is 0.417 e. The first-order valence-corrected chi connectivity index (χ1v) is 7.54. The fraction of sp³-hybridized carbons (Fsp3) is 0.125. The second kappa shape index (κ2) is 6.29. The van der Waals surface area contributed by atoms with Crippen molar-refractivity contribution in [2.24, 2.45) is 0 Å². The van der Waals surface area contributed by atoms with Crippen LogP contribution in [-0.4, -0.2) is 15.2 Å². The summed E-state index contributed by atoms with van der Waals surface area (Å²) in [5, 5.41) is 8.73. The van der Waals surface area contributed by atoms with Gasteiger partial charge in [-0.3, -0.25) is 0 Å². The molecular formula is C16H13ClF3N5. The first-order valence-electron chi connectivity index (χ1n) is 7.17. The van der Waals surface area contributed by atoms with Gasteiger partial charge in [-0.2, -0.15) is 18.2 Å². The van der Waals surface area contributed by atoms with Gasteiger partial charge < -0.3 is 11.1 Å². The summed E-state index contributed by atoms with van der Waals surface area (Å²) in [5.74, 6) is 0.0886. The van der Waals surface area contributed by atoms with Crippen LogP contribution in [-0.2, 0) is 6.18 Å². The van der Waals surface area contributed by atoms with Gasteiger partial charge in [0.1, 0.15) is 0 Å². The Morgan fingerprint density at radius 1 is 1.16 bits per heavy atom. The zero-order valence-electron chi connectivity index (χ0n) is 12.9. The molecule has 4 N–H and O–H groups in total. The molecular weight excluding hydrogens is 355 g/mol. The molecule has 0 aliphatic rings. The molecule has 0 saturated carbocycles. The molecule has 0 bridgehead atoms. The zero-order chi connectivity index (χ0) is 18.2. The van der Waals surface area contributed by atoms with Gasteiger partial charge in [0.25, 0.3) is 0 Å². The fourth-order valence-electron chi connectivity index (χ4n) is 2.38. The number of H-pyrrole nitrogens is 1. The Hall–Kier alpha value is -2.74. The summed E-state index contributed by atoms with van der Waals surface area (Å²) in [6.45, 7) is 1.85. The van der Waals surface area contributed by atoms with Crippen LogP contribution in [0.3, 0.4) is 0 Å². The lowest BCUT2D eigenvalue weighted by molar-refractivity contribution is -0.137. The summed E-state index contributed by atoms with van der Waals surface area (Å²) in [6.07, 6.45) is -4.58. The molecule has 0 atom stereocenters. The van der Waals surface area contributed by atoms with E-state index >= 15 is 0 Å². The molecule has 9 heteroatoms. The monoisotopic (exact) mass is 367 g/mol. The Kier molecular flexibility index (Phi) is 4.30. The number of aromatic amines is 1. The number of alkyl halides is 3. The highest BCUT2D eigenvalue weighted by Crippen LogP contribution is 2.43. The SMILES string of the molecule is Cc1ccc(-c2c(Cl)cc(Nc3n[nH]c(N)n3)cc2C(F)(F)F)cc1. The number of nitrogen functional groups attached to an aromatic ring is 1. The smallest absolute Gasteiger partial charge is 0.368 e. The van der Waals surface area contributed by atoms with Crippen LogP contribution in [0.4, 0.5) is 30.8 Å². The summed E-state index contributed by atoms with van der Waals surface area (Å²) in [4.78, 5) is 3.79. The van der Waals surface area contributed by atoms with Crippen LogP contribution in [0.5, 0.6) is 0 Å². The van der Waals surface area contributed by atoms with Crippen LogP contribution in [0.2, 0.25) is 5.02 Å². The van der Waals surface area contributed by atoms with Crippen LogP contribution in [0, 0.1) is 6.92 Å². The van der Waals surface area contributed by atoms with Crippen molar-refractivity contribution in [2.75, 3.05) is 11.1 Å². The summed E-state index contributed by atoms with van der Waals surface area (Å²) in [7, 11) is 0. The highest BCUT2D eigenvalue weighted by molar-refractivity contribution is 6.33. The van der Waals surface area contributed by atoms with Crippen molar-refractivity contribution < 1.29 is 13.2 Å². The van der Waals surface area contributed by atoms with Gasteiger partial charge in [0.05, 0.1) is 10.6 Å². The van der Waals surface area contributed by atoms with Gasteiger partial charge in [-0.05, 0) is 24.6 Å². The maximum absolute atomic E-state index is 13.6. The van der Waals surface area contributed by atoms with E-state index in [1.807, 2.05) is 6.92 Å². The van der Waals surface area contributed by atoms with Gasteiger partial charge in [0, 0.05) is 11.3 Å². The molecule has 25 heavy (non-hydrogen) atoms. The lowest BCUT2D eigenvalue weighted by Gasteiger charge is -2.17. The number of nitrogens with zero attached hydrogens (tertiary/aromatic N) is 2. The number of aromatic nitrogens is 3. The number of rotatable bonds is 3. The second-order valence-electron chi connectivity index (χ2n) is 5.41. The third-order valence-corrected chi connectivity index (χ3v) is 3.79. The molecule has 0 radical (unpaired) electrons. The quantitative estimate of drug-likeness (QED) is 0.622. The van der Waals surface area contributed by atoms with Crippen molar-refractivity contribution >= 4 is 29.2 Å². The van der Waals surface area contributed by atoms with E-state index in [1.165, 1.54) is 6.07 Å². The summed E-state index contributed by atoms with van der Waals surface area (Å²) in [6, 6.07) is 9.03. The van der Waals surface area contributed by atoms with Crippen LogP contribution in [0.25, 0.3) is 11.1 Å². The molecule has 0 aliphatic heterocycles. The van der Waals surface area contributed by atoms with E-state index in [0.29, 0.717) is 5.56 Å². The predicted octanol–water partition coefficient (Wildman–Crippen LogP) is 4.78. The topological polar surface area (TPSA) is 79.6 Å². The van der Waals surface area contributed by atoms with Gasteiger partial charge in [0.15, 0.2) is 0 Å². The Bertz CT molecular complexity index is 903. The average molecular weight is 368 g/mol. The molecule has 130 valence electrons. The maximum atomic E-state index is 13.6. The lowest BCUT2D eigenvalue weighted by atomic mass is 9.97. The Balaban J connectivity index is 2.10. The standard InChI is InChI=1S/C16H13ClF3N5/c1-8-2-4-9(5-3-8)13-11(16(18,19)20)6-10(7-12(13)17)22-15-23-14(21)24-25-15/h2-7H,1H3,(H4,21,22,23,24,25). The van der Waals surface area contributed by atoms with E-state index < -0.39 is 11.7 Å². The number of halogens is 4. The van der Waals surface area contributed by atoms with Gasteiger partial charge in [-0.1, -0.05) is 41.4 Å². The highest BCUT2D eigenvalue weighted by atomic mass is 35.5. The van der Waals surface area contributed by atoms with Crippen LogP contribution < -0.4 is 11.1 Å². The van der Waals surface area contributed by atoms with Crippen LogP contribution in [0.1, 0.15) is 11.1 Å². The minimum Gasteiger partial charge on any atom is -0.368 e. The largest absolute Gasteiger partial charge is 0.417 e. The van der Waals surface area contributed by atoms with Gasteiger partial charge in [-0.15, -0.1) is 5.10 Å². The summed E-state index contributed by atoms with van der Waals surface area (Å²) >= 11 is 6.17. The Morgan fingerprint density at radius 2 is 1.84 bits per heavy atom. The first-order chi connectivity index (χ1) is 11.7. The molecule has 0 unspecified atom stereocenters. The molecule has 0 saturated heterocycles. The number of benzene rings is 2. The number of nitrogens with two attached hydrogens (primary N) is 1. The van der Waals surface area contributed by atoms with E-state index in [1.54, 1.807) is 24.3 Å². The summed E-state index contributed by atoms with van der Waals surface area (Å²) < 4.78 is 40.7. The van der Waals surface area contributed by atoms with Crippen molar-refractivity contribution in [1.82, 2.24) is 15.2 Å². The predicted molar refractivity (Wildman–Crippen MR) is 90.7 cm³/mol. The van der Waals surface area contributed by atoms with Crippen molar-refractivity contribution in [2.45, 2.75) is 13.1 Å². The molecule has 5 nitrogen and oxygen atoms in total. The normalized spacial score (nSPS) is 11.6. The van der Waals surface area contributed by atoms with E-state index in [0.717, 1.165) is 11.6 Å².